The van der Waals surface area contributed by atoms with Gasteiger partial charge >= 0.3 is 5.97 Å². The molecule has 0 unspecified atom stereocenters. The summed E-state index contributed by atoms with van der Waals surface area (Å²) in [5.74, 6) is -3.22. The van der Waals surface area contributed by atoms with Gasteiger partial charge in [-0.2, -0.15) is 0 Å². The first-order valence-electron chi connectivity index (χ1n) is 6.52. The Morgan fingerprint density at radius 2 is 1.84 bits per heavy atom. The van der Waals surface area contributed by atoms with E-state index in [0.29, 0.717) is 12.6 Å². The number of hydrogen-bond donors (Lipinski definition) is 2. The van der Waals surface area contributed by atoms with Gasteiger partial charge in [0.15, 0.2) is 0 Å². The van der Waals surface area contributed by atoms with E-state index in [9.17, 15) is 13.6 Å². The van der Waals surface area contributed by atoms with Crippen LogP contribution in [0.15, 0.2) is 12.1 Å². The van der Waals surface area contributed by atoms with Crippen molar-refractivity contribution in [3.05, 3.63) is 29.3 Å². The van der Waals surface area contributed by atoms with E-state index in [1.54, 1.807) is 0 Å². The van der Waals surface area contributed by atoms with Gasteiger partial charge in [-0.1, -0.05) is 32.6 Å². The van der Waals surface area contributed by atoms with Crippen molar-refractivity contribution in [2.24, 2.45) is 0 Å². The van der Waals surface area contributed by atoms with Crippen molar-refractivity contribution in [1.29, 1.82) is 0 Å². The number of benzene rings is 1. The number of nitrogens with one attached hydrogen (secondary N) is 1. The molecule has 0 heterocycles. The van der Waals surface area contributed by atoms with Crippen molar-refractivity contribution in [1.82, 2.24) is 0 Å². The lowest BCUT2D eigenvalue weighted by molar-refractivity contribution is 0.0692. The van der Waals surface area contributed by atoms with Crippen molar-refractivity contribution < 1.29 is 18.7 Å². The molecular formula is C14H19F2NO2. The molecular weight excluding hydrogens is 252 g/mol. The van der Waals surface area contributed by atoms with Crippen LogP contribution >= 0.6 is 0 Å². The zero-order valence-corrected chi connectivity index (χ0v) is 11.0. The molecule has 2 N–H and O–H groups in total. The molecule has 3 nitrogen and oxygen atoms in total. The van der Waals surface area contributed by atoms with Gasteiger partial charge in [-0.25, -0.2) is 13.6 Å². The molecule has 1 rings (SSSR count). The van der Waals surface area contributed by atoms with Gasteiger partial charge < -0.3 is 10.4 Å². The van der Waals surface area contributed by atoms with Crippen LogP contribution in [-0.2, 0) is 0 Å². The number of rotatable bonds is 8. The lowest BCUT2D eigenvalue weighted by atomic mass is 10.1. The van der Waals surface area contributed by atoms with Gasteiger partial charge in [0, 0.05) is 12.6 Å². The van der Waals surface area contributed by atoms with E-state index in [0.717, 1.165) is 31.7 Å². The normalized spacial score (nSPS) is 10.5. The average molecular weight is 271 g/mol. The van der Waals surface area contributed by atoms with E-state index in [4.69, 9.17) is 5.11 Å². The molecule has 0 spiro atoms. The summed E-state index contributed by atoms with van der Waals surface area (Å²) in [5, 5.41) is 11.6. The highest BCUT2D eigenvalue weighted by atomic mass is 19.1. The molecule has 0 atom stereocenters. The van der Waals surface area contributed by atoms with Gasteiger partial charge in [-0.05, 0) is 12.5 Å². The quantitative estimate of drug-likeness (QED) is 0.701. The highest BCUT2D eigenvalue weighted by Gasteiger charge is 2.14. The molecule has 0 saturated carbocycles. The Labute approximate surface area is 111 Å². The number of aromatic carboxylic acids is 1. The van der Waals surface area contributed by atoms with E-state index in [1.807, 2.05) is 0 Å². The number of carboxylic acids is 1. The van der Waals surface area contributed by atoms with Crippen molar-refractivity contribution >= 4 is 11.7 Å². The Bertz CT molecular complexity index is 436. The van der Waals surface area contributed by atoms with Crippen LogP contribution in [0.4, 0.5) is 14.5 Å². The topological polar surface area (TPSA) is 49.3 Å². The van der Waals surface area contributed by atoms with E-state index in [2.05, 4.69) is 12.2 Å². The highest BCUT2D eigenvalue weighted by Crippen LogP contribution is 2.19. The van der Waals surface area contributed by atoms with Crippen LogP contribution in [0, 0.1) is 11.6 Å². The summed E-state index contributed by atoms with van der Waals surface area (Å²) in [7, 11) is 0. The monoisotopic (exact) mass is 271 g/mol. The van der Waals surface area contributed by atoms with Crippen molar-refractivity contribution in [3.63, 3.8) is 0 Å². The molecule has 5 heteroatoms. The fourth-order valence-electron chi connectivity index (χ4n) is 1.80. The second-order valence-corrected chi connectivity index (χ2v) is 4.46. The summed E-state index contributed by atoms with van der Waals surface area (Å²) in [6, 6.07) is 1.60. The zero-order chi connectivity index (χ0) is 14.3. The first-order chi connectivity index (χ1) is 9.06. The van der Waals surface area contributed by atoms with Crippen molar-refractivity contribution in [3.8, 4) is 0 Å². The number of anilines is 1. The minimum atomic E-state index is -1.40. The lowest BCUT2D eigenvalue weighted by Gasteiger charge is -2.09. The van der Waals surface area contributed by atoms with Gasteiger partial charge in [0.2, 0.25) is 0 Å². The van der Waals surface area contributed by atoms with Gasteiger partial charge in [-0.3, -0.25) is 0 Å². The molecule has 0 aliphatic heterocycles. The van der Waals surface area contributed by atoms with E-state index < -0.39 is 23.2 Å². The molecule has 0 bridgehead atoms. The molecule has 0 aliphatic carbocycles. The third-order valence-electron chi connectivity index (χ3n) is 2.88. The standard InChI is InChI=1S/C14H19F2NO2/c1-2-3-4-5-6-7-17-13-8-10(14(18)19)11(15)9-12(13)16/h8-9,17H,2-7H2,1H3,(H,18,19). The third kappa shape index (κ3) is 4.85. The number of hydrogen-bond acceptors (Lipinski definition) is 2. The second kappa shape index (κ2) is 7.71. The van der Waals surface area contributed by atoms with Crippen LogP contribution in [0.5, 0.6) is 0 Å². The van der Waals surface area contributed by atoms with Crippen molar-refractivity contribution in [2.75, 3.05) is 11.9 Å². The Kier molecular flexibility index (Phi) is 6.25. The number of halogens is 2. The van der Waals surface area contributed by atoms with Crippen molar-refractivity contribution in [2.45, 2.75) is 39.0 Å². The summed E-state index contributed by atoms with van der Waals surface area (Å²) in [6.45, 7) is 2.67. The summed E-state index contributed by atoms with van der Waals surface area (Å²) in [6.07, 6.45) is 5.37. The van der Waals surface area contributed by atoms with Crippen LogP contribution in [0.3, 0.4) is 0 Å². The SMILES string of the molecule is CCCCCCCNc1cc(C(=O)O)c(F)cc1F. The molecule has 0 aromatic heterocycles. The predicted octanol–water partition coefficient (Wildman–Crippen LogP) is 4.05. The minimum absolute atomic E-state index is 0.0364. The number of carboxylic acid groups (broad SMARTS) is 1. The van der Waals surface area contributed by atoms with Crippen LogP contribution in [0.25, 0.3) is 0 Å². The minimum Gasteiger partial charge on any atom is -0.478 e. The van der Waals surface area contributed by atoms with E-state index >= 15 is 0 Å². The second-order valence-electron chi connectivity index (χ2n) is 4.46. The Hall–Kier alpha value is -1.65. The van der Waals surface area contributed by atoms with E-state index in [1.165, 1.54) is 6.42 Å². The average Bonchev–Trinajstić information content (AvgIpc) is 2.35. The maximum absolute atomic E-state index is 13.4. The first-order valence-corrected chi connectivity index (χ1v) is 6.52. The Balaban J connectivity index is 2.53. The molecule has 19 heavy (non-hydrogen) atoms. The molecule has 0 amide bonds. The summed E-state index contributed by atoms with van der Waals surface area (Å²) in [4.78, 5) is 10.7. The van der Waals surface area contributed by atoms with Crippen LogP contribution < -0.4 is 5.32 Å². The summed E-state index contributed by atoms with van der Waals surface area (Å²) < 4.78 is 26.6. The predicted molar refractivity (Wildman–Crippen MR) is 70.6 cm³/mol. The maximum Gasteiger partial charge on any atom is 0.338 e. The molecule has 1 aromatic carbocycles. The maximum atomic E-state index is 13.4. The van der Waals surface area contributed by atoms with Gasteiger partial charge in [0.25, 0.3) is 0 Å². The highest BCUT2D eigenvalue weighted by molar-refractivity contribution is 5.89. The van der Waals surface area contributed by atoms with E-state index in [-0.39, 0.29) is 5.69 Å². The molecule has 0 radical (unpaired) electrons. The summed E-state index contributed by atoms with van der Waals surface area (Å²) >= 11 is 0. The van der Waals surface area contributed by atoms with Crippen LogP contribution in [0.1, 0.15) is 49.4 Å². The molecule has 106 valence electrons. The Morgan fingerprint density at radius 3 is 2.47 bits per heavy atom. The fourth-order valence-corrected chi connectivity index (χ4v) is 1.80. The third-order valence-corrected chi connectivity index (χ3v) is 2.88. The molecule has 1 aromatic rings. The van der Waals surface area contributed by atoms with Crippen LogP contribution in [0.2, 0.25) is 0 Å². The largest absolute Gasteiger partial charge is 0.478 e. The molecule has 0 saturated heterocycles. The zero-order valence-electron chi connectivity index (χ0n) is 11.0. The van der Waals surface area contributed by atoms with Crippen LogP contribution in [-0.4, -0.2) is 17.6 Å². The number of carbonyl (C=O) groups is 1. The van der Waals surface area contributed by atoms with Gasteiger partial charge in [-0.15, -0.1) is 0 Å². The lowest BCUT2D eigenvalue weighted by Crippen LogP contribution is -2.07. The van der Waals surface area contributed by atoms with Gasteiger partial charge in [0.05, 0.1) is 11.3 Å². The first kappa shape index (κ1) is 15.4. The fraction of sp³-hybridized carbons (Fsp3) is 0.500. The molecule has 0 aliphatic rings. The van der Waals surface area contributed by atoms with Gasteiger partial charge in [0.1, 0.15) is 11.6 Å². The summed E-state index contributed by atoms with van der Waals surface area (Å²) in [5.41, 5.74) is -0.482. The smallest absolute Gasteiger partial charge is 0.338 e. The molecule has 0 fully saturated rings. The Morgan fingerprint density at radius 1 is 1.16 bits per heavy atom. The number of unbranched alkanes of at least 4 members (excludes halogenated alkanes) is 4.